The zero-order chi connectivity index (χ0) is 94.8. The van der Waals surface area contributed by atoms with Crippen molar-refractivity contribution < 1.29 is 174 Å². The van der Waals surface area contributed by atoms with Gasteiger partial charge in [-0.2, -0.15) is 0 Å². The molecule has 44 heteroatoms. The molecule has 130 heavy (non-hydrogen) atoms. The number of hydrogen-bond donors (Lipinski definition) is 6. The number of carbonyl (C=O) groups excluding carboxylic acids is 9. The molecule has 0 radical (unpaired) electrons. The minimum absolute atomic E-state index is 0. The molecule has 29 nitrogen and oxygen atoms in total. The Labute approximate surface area is 845 Å². The van der Waals surface area contributed by atoms with E-state index in [4.69, 9.17) is 31.3 Å². The zero-order valence-electron chi connectivity index (χ0n) is 72.5. The van der Waals surface area contributed by atoms with E-state index in [1.165, 1.54) is 97.2 Å². The van der Waals surface area contributed by atoms with Gasteiger partial charge >= 0.3 is 129 Å². The number of nitrogens with two attached hydrogens (primary N) is 2. The Hall–Kier alpha value is -6.12. The molecule has 9 heterocycles. The maximum atomic E-state index is 14.8. The van der Waals surface area contributed by atoms with Crippen molar-refractivity contribution in [3.05, 3.63) is 247 Å². The normalized spacial score (nSPS) is 21.9. The summed E-state index contributed by atoms with van der Waals surface area (Å²) in [5.74, 6) is -15.3. The van der Waals surface area contributed by atoms with E-state index in [-0.39, 0.29) is 159 Å². The Morgan fingerprint density at radius 2 is 0.962 bits per heavy atom. The fraction of sp³-hybridized carbons (Fsp3) is 0.372. The van der Waals surface area contributed by atoms with Gasteiger partial charge in [0.05, 0.1) is 40.5 Å². The van der Waals surface area contributed by atoms with Crippen LogP contribution in [0.25, 0.3) is 0 Å². The molecular formula is C86H90F9IK3N12O17P2-. The first kappa shape index (κ1) is 113. The Balaban J connectivity index is 0.000000252. The molecule has 0 saturated carbocycles. The number of nitrogens with zero attached hydrogens (tertiary/aromatic N) is 7. The number of fused-ring (bicyclic) bond motifs is 6. The average molecular weight is 2040 g/mol. The average Bonchev–Trinajstić information content (AvgIpc) is 1.61. The van der Waals surface area contributed by atoms with Crippen molar-refractivity contribution in [2.45, 2.75) is 178 Å². The maximum absolute atomic E-state index is 14.8. The second-order valence-corrected chi connectivity index (χ2v) is 33.8. The molecule has 10 N–H and O–H groups in total. The molecule has 3 saturated heterocycles. The topological polar surface area (TPSA) is 467 Å². The number of carboxylic acids is 2. The van der Waals surface area contributed by atoms with Gasteiger partial charge in [-0.15, -0.1) is 0 Å². The summed E-state index contributed by atoms with van der Waals surface area (Å²) in [6.07, 6.45) is 8.46. The molecular weight excluding hydrogens is 1950 g/mol. The molecule has 8 aromatic rings. The van der Waals surface area contributed by atoms with Crippen LogP contribution in [0.15, 0.2) is 128 Å². The van der Waals surface area contributed by atoms with Gasteiger partial charge in [0.2, 0.25) is 35.4 Å². The number of nitrogens with one attached hydrogen (secondary N) is 3. The number of carboxylic acid groups (broad SMARTS) is 2. The fourth-order valence-electron chi connectivity index (χ4n) is 17.0. The fourth-order valence-corrected chi connectivity index (χ4v) is 17.0. The number of anilines is 2. The van der Waals surface area contributed by atoms with Crippen molar-refractivity contribution in [2.24, 2.45) is 17.4 Å². The van der Waals surface area contributed by atoms with Gasteiger partial charge in [0.15, 0.2) is 46.2 Å². The van der Waals surface area contributed by atoms with Crippen molar-refractivity contribution in [3.8, 4) is 0 Å². The number of aliphatic carboxylic acids is 1. The van der Waals surface area contributed by atoms with Crippen LogP contribution >= 0.6 is 36.5 Å². The standard InChI is InChI=1S/C30H27F3N4O3.C15H11N3O3.2C14H17F3N2O.C11H13NO3.C2H4IOP.3K.HO4P.H2O/c1-3-37-15(2)19(25-21(31)6-7-22(32)26(25)33)10-16(28(37)39)11-24(38)18-9-17-12-30(13-23(17)35-14-18)20-5-4-8-34-27(20)36-29(30)40;19-13(20)9-4-8-5-15(6-11(8)17-7-9)10-2-1-3-16-12(10)18-14(15)21;2*1-3-19-7(2)8(6-11(18)14(19)20)12-9(15)4-5-10(16)13(12)17;1-8(13)12-10(11(14)15)7-9-5-3-2-4-6-9;1-2(4)5-3;;;;1-4-5(2)3;/h4-9,14-16,19H,3,10-13H2,1-2H3,(H,34,36,40);1-4,7H,5-6H2,(H,19,20)(H,16,18,21);2*4-5,7-8,11H,3,6,18H2,1-2H3;2-6,10H,7H2,1H3,(H,12,13)(H,14,15);5H,1H3;;;;1H;1H2/q;;;;;;;;+1;;/p-2/t15-,16-,19-,30+;15-;7-,8-,11?;7-,8-,11+;10-;;;;;;/m10110....../s1. The van der Waals surface area contributed by atoms with Crippen molar-refractivity contribution in [1.29, 1.82) is 0 Å². The van der Waals surface area contributed by atoms with Gasteiger partial charge in [0, 0.05) is 163 Å². The van der Waals surface area contributed by atoms with Gasteiger partial charge in [-0.1, -0.05) is 42.5 Å². The number of halogens is 10. The zero-order valence-corrected chi connectivity index (χ0v) is 85.9. The first-order chi connectivity index (χ1) is 60.6. The summed E-state index contributed by atoms with van der Waals surface area (Å²) < 4.78 is 137. The molecule has 4 aromatic carbocycles. The van der Waals surface area contributed by atoms with Crippen LogP contribution in [0.2, 0.25) is 0 Å². The number of likely N-dealkylation sites (N-methyl/N-ethyl adjacent to an activating group) is 3. The van der Waals surface area contributed by atoms with Gasteiger partial charge < -0.3 is 72.8 Å². The van der Waals surface area contributed by atoms with E-state index >= 15 is 0 Å². The van der Waals surface area contributed by atoms with E-state index in [1.807, 2.05) is 30.3 Å². The van der Waals surface area contributed by atoms with Crippen LogP contribution in [-0.4, -0.2) is 223 Å². The van der Waals surface area contributed by atoms with Crippen LogP contribution in [-0.2, 0) is 90.5 Å². The number of piperidine rings is 3. The molecule has 3 unspecified atom stereocenters. The number of Topliss-reactive ketones (excluding diaryl/α,β-unsaturated/α-hetero) is 1. The summed E-state index contributed by atoms with van der Waals surface area (Å²) in [5.41, 5.74) is 15.3. The summed E-state index contributed by atoms with van der Waals surface area (Å²) in [6.45, 7) is 14.3. The molecule has 15 rings (SSSR count). The molecule has 6 amide bonds. The van der Waals surface area contributed by atoms with Crippen molar-refractivity contribution in [2.75, 3.05) is 30.3 Å². The summed E-state index contributed by atoms with van der Waals surface area (Å²) in [6, 6.07) is 20.6. The quantitative estimate of drug-likeness (QED) is 0.0111. The van der Waals surface area contributed by atoms with E-state index in [0.717, 1.165) is 75.6 Å². The molecule has 4 aromatic heterocycles. The molecule has 680 valence electrons. The monoisotopic (exact) mass is 2040 g/mol. The number of hydrogen-bond acceptors (Lipinski definition) is 21. The number of likely N-dealkylation sites (tertiary alicyclic amines) is 3. The van der Waals surface area contributed by atoms with E-state index in [0.29, 0.717) is 62.2 Å². The third-order valence-electron chi connectivity index (χ3n) is 23.1. The van der Waals surface area contributed by atoms with Crippen LogP contribution in [0.1, 0.15) is 175 Å². The van der Waals surface area contributed by atoms with Gasteiger partial charge in [-0.25, -0.2) is 59.0 Å². The summed E-state index contributed by atoms with van der Waals surface area (Å²) in [5, 5.41) is 36.3. The Morgan fingerprint density at radius 1 is 0.600 bits per heavy atom. The van der Waals surface area contributed by atoms with Crippen molar-refractivity contribution in [1.82, 2.24) is 40.0 Å². The number of ketones is 1. The third kappa shape index (κ3) is 26.6. The number of benzene rings is 4. The Morgan fingerprint density at radius 3 is 1.32 bits per heavy atom. The second kappa shape index (κ2) is 51.2. The minimum atomic E-state index is -3.15. The van der Waals surface area contributed by atoms with Crippen LogP contribution in [0.4, 0.5) is 51.1 Å². The predicted octanol–water partition coefficient (Wildman–Crippen LogP) is 4.73. The summed E-state index contributed by atoms with van der Waals surface area (Å²) in [7, 11) is -3.15. The van der Waals surface area contributed by atoms with Gasteiger partial charge in [-0.3, -0.25) is 48.3 Å². The molecule has 2 spiro atoms. The van der Waals surface area contributed by atoms with Gasteiger partial charge in [-0.05, 0) is 191 Å². The van der Waals surface area contributed by atoms with E-state index in [9.17, 15) is 92.6 Å². The van der Waals surface area contributed by atoms with E-state index in [2.05, 4.69) is 62.6 Å². The van der Waals surface area contributed by atoms with Gasteiger partial charge in [0.1, 0.15) is 29.1 Å². The molecule has 2 aliphatic carbocycles. The Bertz CT molecular complexity index is 5410. The number of amides is 6. The van der Waals surface area contributed by atoms with E-state index in [1.54, 1.807) is 97.3 Å². The SMILES string of the molecule is CC(=O)N[C@@H](Cc1ccccc1)C(=O)[O-].CC(=O)PI.CCN1C(=O)C(N)C[C@@H](c2c(F)ccc(F)c2F)[C@H]1C.CCN1C(=O)[C@@H](CC(=O)c2cnc3c(c2)C[C@@]2(C3)C(=O)Nc3ncccc32)C[C@@H](c2c(F)ccc(F)c2F)[C@H]1C.CCN1C(=O)[C@@H](N)C[C@@H](c2c(F)ccc(F)c2F)[C@H]1C.O.O=C(O)c1cnc2c(c1)C[C@@]1(C2)C(=O)Nc2ncccc21.O=[P+]([O-])O[O-].[K+].[K][K]. The molecule has 3 fully saturated rings. The predicted molar refractivity (Wildman–Crippen MR) is 459 cm³/mol. The van der Waals surface area contributed by atoms with Crippen LogP contribution in [0.5, 0.6) is 0 Å². The number of carbonyl (C=O) groups is 10. The molecule has 7 aliphatic rings. The van der Waals surface area contributed by atoms with E-state index < -0.39 is 149 Å². The number of aromatic carboxylic acids is 1. The van der Waals surface area contributed by atoms with Crippen LogP contribution < -0.4 is 94.1 Å². The molecule has 5 aliphatic heterocycles. The van der Waals surface area contributed by atoms with Crippen molar-refractivity contribution in [3.63, 3.8) is 0 Å². The first-order valence-electron chi connectivity index (χ1n) is 40.6. The van der Waals surface area contributed by atoms with Crippen LogP contribution in [0, 0.1) is 58.3 Å². The number of rotatable bonds is 16. The van der Waals surface area contributed by atoms with Gasteiger partial charge in [0.25, 0.3) is 0 Å². The molecule has 0 bridgehead atoms. The van der Waals surface area contributed by atoms with Crippen LogP contribution in [0.3, 0.4) is 0 Å². The number of pyridine rings is 4. The Kier molecular flexibility index (Phi) is 44.3. The third-order valence-corrected chi connectivity index (χ3v) is 25.8. The number of aromatic nitrogens is 4. The summed E-state index contributed by atoms with van der Waals surface area (Å²) in [4.78, 5) is 149. The first-order valence-corrected chi connectivity index (χ1v) is 61.8. The second-order valence-electron chi connectivity index (χ2n) is 30.7. The summed E-state index contributed by atoms with van der Waals surface area (Å²) >= 11 is 4.56. The van der Waals surface area contributed by atoms with Crippen molar-refractivity contribution >= 4 is 170 Å². The molecule has 14 atom stereocenters.